The molecular formula is C31H34O6S. The van der Waals surface area contributed by atoms with Gasteiger partial charge in [0.1, 0.15) is 36.1 Å². The van der Waals surface area contributed by atoms with E-state index in [0.29, 0.717) is 31.3 Å². The van der Waals surface area contributed by atoms with E-state index in [1.54, 1.807) is 0 Å². The van der Waals surface area contributed by atoms with Crippen molar-refractivity contribution in [1.82, 2.24) is 0 Å². The molecule has 0 radical (unpaired) electrons. The molecule has 1 saturated heterocycles. The highest BCUT2D eigenvalue weighted by Crippen LogP contribution is 2.39. The number of carbonyl (C=O) groups is 1. The summed E-state index contributed by atoms with van der Waals surface area (Å²) < 4.78 is 17.8. The van der Waals surface area contributed by atoms with Crippen molar-refractivity contribution in [2.45, 2.75) is 51.2 Å². The van der Waals surface area contributed by atoms with Gasteiger partial charge in [-0.25, -0.2) is 0 Å². The smallest absolute Gasteiger partial charge is 0.304 e. The lowest BCUT2D eigenvalue weighted by molar-refractivity contribution is -0.137. The second kappa shape index (κ2) is 11.3. The first-order valence-electron chi connectivity index (χ1n) is 13.0. The van der Waals surface area contributed by atoms with Crippen LogP contribution in [0.4, 0.5) is 0 Å². The highest BCUT2D eigenvalue weighted by molar-refractivity contribution is 7.99. The molecule has 3 aromatic carbocycles. The molecule has 1 atom stereocenters. The van der Waals surface area contributed by atoms with Crippen LogP contribution in [0.5, 0.6) is 17.2 Å². The molecule has 2 heterocycles. The summed E-state index contributed by atoms with van der Waals surface area (Å²) in [6.07, 6.45) is 1.60. The molecule has 0 amide bonds. The van der Waals surface area contributed by atoms with Crippen molar-refractivity contribution >= 4 is 17.7 Å². The maximum atomic E-state index is 11.1. The Labute approximate surface area is 227 Å². The minimum absolute atomic E-state index is 0.0629. The SMILES string of the molecule is Cc1cc(OCC2(O)CCSCC2)cc(C)c1-c1cccc(COc2ccc3c(c2)OCC3CC(=O)O)c1. The first-order chi connectivity index (χ1) is 18.3. The number of rotatable bonds is 9. The molecule has 1 fully saturated rings. The Hall–Kier alpha value is -3.16. The van der Waals surface area contributed by atoms with Crippen molar-refractivity contribution in [1.29, 1.82) is 0 Å². The van der Waals surface area contributed by atoms with Crippen LogP contribution in [-0.4, -0.2) is 46.5 Å². The van der Waals surface area contributed by atoms with E-state index < -0.39 is 11.6 Å². The van der Waals surface area contributed by atoms with E-state index in [9.17, 15) is 9.90 Å². The normalized spacial score (nSPS) is 17.9. The fraction of sp³-hybridized carbons (Fsp3) is 0.387. The molecule has 0 bridgehead atoms. The van der Waals surface area contributed by atoms with Gasteiger partial charge in [-0.2, -0.15) is 11.8 Å². The predicted octanol–water partition coefficient (Wildman–Crippen LogP) is 6.14. The third kappa shape index (κ3) is 6.11. The fourth-order valence-corrected chi connectivity index (χ4v) is 6.54. The third-order valence-corrected chi connectivity index (χ3v) is 8.33. The van der Waals surface area contributed by atoms with E-state index in [2.05, 4.69) is 38.1 Å². The molecule has 5 rings (SSSR count). The molecule has 0 aliphatic carbocycles. The van der Waals surface area contributed by atoms with Crippen LogP contribution in [0.15, 0.2) is 54.6 Å². The van der Waals surface area contributed by atoms with Gasteiger partial charge in [0, 0.05) is 17.5 Å². The van der Waals surface area contributed by atoms with Crippen LogP contribution >= 0.6 is 11.8 Å². The van der Waals surface area contributed by atoms with E-state index in [-0.39, 0.29) is 12.3 Å². The Bertz CT molecular complexity index is 1290. The number of thioether (sulfide) groups is 1. The third-order valence-electron chi connectivity index (χ3n) is 7.34. The van der Waals surface area contributed by atoms with Crippen LogP contribution in [-0.2, 0) is 11.4 Å². The topological polar surface area (TPSA) is 85.2 Å². The highest BCUT2D eigenvalue weighted by atomic mass is 32.2. The summed E-state index contributed by atoms with van der Waals surface area (Å²) in [5.74, 6) is 3.20. The molecule has 38 heavy (non-hydrogen) atoms. The van der Waals surface area contributed by atoms with E-state index in [4.69, 9.17) is 19.3 Å². The van der Waals surface area contributed by atoms with Crippen LogP contribution in [0.25, 0.3) is 11.1 Å². The molecule has 6 nitrogen and oxygen atoms in total. The van der Waals surface area contributed by atoms with Gasteiger partial charge in [0.15, 0.2) is 0 Å². The van der Waals surface area contributed by atoms with Gasteiger partial charge in [0.25, 0.3) is 0 Å². The lowest BCUT2D eigenvalue weighted by Gasteiger charge is -2.31. The van der Waals surface area contributed by atoms with Gasteiger partial charge in [-0.3, -0.25) is 4.79 Å². The molecule has 200 valence electrons. The van der Waals surface area contributed by atoms with Gasteiger partial charge < -0.3 is 24.4 Å². The zero-order chi connectivity index (χ0) is 26.7. The van der Waals surface area contributed by atoms with Crippen molar-refractivity contribution in [3.63, 3.8) is 0 Å². The summed E-state index contributed by atoms with van der Waals surface area (Å²) in [4.78, 5) is 11.1. The van der Waals surface area contributed by atoms with Gasteiger partial charge in [0.05, 0.1) is 13.0 Å². The first kappa shape index (κ1) is 26.4. The second-order valence-electron chi connectivity index (χ2n) is 10.4. The number of ether oxygens (including phenoxy) is 3. The Morgan fingerprint density at radius 1 is 1.03 bits per heavy atom. The fourth-order valence-electron chi connectivity index (χ4n) is 5.29. The summed E-state index contributed by atoms with van der Waals surface area (Å²) in [5.41, 5.74) is 5.76. The van der Waals surface area contributed by atoms with Gasteiger partial charge >= 0.3 is 5.97 Å². The average molecular weight is 535 g/mol. The summed E-state index contributed by atoms with van der Waals surface area (Å²) in [5, 5.41) is 19.9. The number of hydrogen-bond acceptors (Lipinski definition) is 6. The monoisotopic (exact) mass is 534 g/mol. The quantitative estimate of drug-likeness (QED) is 0.341. The van der Waals surface area contributed by atoms with Crippen LogP contribution < -0.4 is 14.2 Å². The number of hydrogen-bond donors (Lipinski definition) is 2. The largest absolute Gasteiger partial charge is 0.492 e. The van der Waals surface area contributed by atoms with Crippen molar-refractivity contribution in [3.8, 4) is 28.4 Å². The molecule has 2 aliphatic rings. The van der Waals surface area contributed by atoms with Crippen LogP contribution in [0.3, 0.4) is 0 Å². The molecule has 1 unspecified atom stereocenters. The van der Waals surface area contributed by atoms with Crippen LogP contribution in [0.2, 0.25) is 0 Å². The van der Waals surface area contributed by atoms with Crippen LogP contribution in [0.1, 0.15) is 47.4 Å². The minimum atomic E-state index is -0.823. The standard InChI is InChI=1S/C31H34O6S/c1-20-12-26(37-19-31(34)8-10-38-11-9-31)13-21(2)30(20)23-5-3-4-22(14-23)17-35-25-6-7-27-24(15-29(32)33)18-36-28(27)16-25/h3-7,12-14,16,24,34H,8-11,15,17-19H2,1-2H3,(H,32,33). The summed E-state index contributed by atoms with van der Waals surface area (Å²) in [6, 6.07) is 18.1. The van der Waals surface area contributed by atoms with Gasteiger partial charge in [0.2, 0.25) is 0 Å². The van der Waals surface area contributed by atoms with E-state index in [1.807, 2.05) is 42.1 Å². The molecule has 0 spiro atoms. The number of carboxylic acids is 1. The molecule has 7 heteroatoms. The molecule has 0 saturated carbocycles. The number of aliphatic hydroxyl groups is 1. The lowest BCUT2D eigenvalue weighted by Crippen LogP contribution is -2.39. The number of aryl methyl sites for hydroxylation is 2. The first-order valence-corrected chi connectivity index (χ1v) is 14.2. The highest BCUT2D eigenvalue weighted by Gasteiger charge is 2.30. The molecule has 2 aliphatic heterocycles. The van der Waals surface area contributed by atoms with Crippen molar-refractivity contribution in [2.75, 3.05) is 24.7 Å². The van der Waals surface area contributed by atoms with E-state index in [1.165, 1.54) is 5.56 Å². The molecular weight excluding hydrogens is 500 g/mol. The molecule has 3 aromatic rings. The second-order valence-corrected chi connectivity index (χ2v) is 11.6. The molecule has 0 aromatic heterocycles. The van der Waals surface area contributed by atoms with Gasteiger partial charge in [-0.1, -0.05) is 24.3 Å². The van der Waals surface area contributed by atoms with Crippen LogP contribution in [0, 0.1) is 13.8 Å². The summed E-state index contributed by atoms with van der Waals surface area (Å²) in [7, 11) is 0. The zero-order valence-corrected chi connectivity index (χ0v) is 22.7. The molecule has 2 N–H and O–H groups in total. The van der Waals surface area contributed by atoms with E-state index >= 15 is 0 Å². The van der Waals surface area contributed by atoms with Crippen molar-refractivity contribution in [3.05, 3.63) is 76.9 Å². The number of fused-ring (bicyclic) bond motifs is 1. The maximum Gasteiger partial charge on any atom is 0.304 e. The van der Waals surface area contributed by atoms with E-state index in [0.717, 1.165) is 57.9 Å². The van der Waals surface area contributed by atoms with Gasteiger partial charge in [-0.15, -0.1) is 0 Å². The predicted molar refractivity (Wildman–Crippen MR) is 150 cm³/mol. The Morgan fingerprint density at radius 3 is 2.53 bits per heavy atom. The zero-order valence-electron chi connectivity index (χ0n) is 21.9. The number of aliphatic carboxylic acids is 1. The number of carboxylic acid groups (broad SMARTS) is 1. The van der Waals surface area contributed by atoms with Crippen molar-refractivity contribution < 1.29 is 29.2 Å². The Balaban J connectivity index is 1.25. The summed E-state index contributed by atoms with van der Waals surface area (Å²) in [6.45, 7) is 5.29. The summed E-state index contributed by atoms with van der Waals surface area (Å²) >= 11 is 1.88. The Kier molecular flexibility index (Phi) is 7.86. The minimum Gasteiger partial charge on any atom is -0.492 e. The Morgan fingerprint density at radius 2 is 1.79 bits per heavy atom. The maximum absolute atomic E-state index is 11.1. The number of benzene rings is 3. The van der Waals surface area contributed by atoms with Gasteiger partial charge in [-0.05, 0) is 90.3 Å². The lowest BCUT2D eigenvalue weighted by atomic mass is 9.94. The van der Waals surface area contributed by atoms with Crippen molar-refractivity contribution in [2.24, 2.45) is 0 Å². The average Bonchev–Trinajstić information content (AvgIpc) is 3.28.